The van der Waals surface area contributed by atoms with Gasteiger partial charge in [0.1, 0.15) is 0 Å². The summed E-state index contributed by atoms with van der Waals surface area (Å²) in [7, 11) is 0. The van der Waals surface area contributed by atoms with Crippen molar-refractivity contribution in [2.45, 2.75) is 71.6 Å². The van der Waals surface area contributed by atoms with Crippen LogP contribution in [0.25, 0.3) is 0 Å². The molecule has 0 radical (unpaired) electrons. The predicted molar refractivity (Wildman–Crippen MR) is 77.3 cm³/mol. The minimum atomic E-state index is -0.249. The van der Waals surface area contributed by atoms with Crippen LogP contribution < -0.4 is 0 Å². The summed E-state index contributed by atoms with van der Waals surface area (Å²) in [6.07, 6.45) is 19.1. The van der Waals surface area contributed by atoms with E-state index in [2.05, 4.69) is 19.1 Å². The molecule has 0 aliphatic heterocycles. The van der Waals surface area contributed by atoms with E-state index in [4.69, 9.17) is 4.74 Å². The van der Waals surface area contributed by atoms with Gasteiger partial charge in [-0.1, -0.05) is 44.8 Å². The first-order valence-electron chi connectivity index (χ1n) is 7.24. The Hall–Kier alpha value is -1.05. The predicted octanol–water partition coefficient (Wildman–Crippen LogP) is 5.15. The Balaban J connectivity index is 3.14. The Morgan fingerprint density at radius 2 is 1.44 bits per heavy atom. The first kappa shape index (κ1) is 16.9. The maximum Gasteiger partial charge on any atom is 0.307 e. The lowest BCUT2D eigenvalue weighted by molar-refractivity contribution is -0.135. The fourth-order valence-electron chi connectivity index (χ4n) is 1.65. The molecule has 2 heteroatoms. The highest BCUT2D eigenvalue weighted by Gasteiger charge is 1.88. The Bertz CT molecular complexity index is 241. The molecule has 0 aromatic rings. The second-order valence-electron chi connectivity index (χ2n) is 4.59. The molecule has 0 N–H and O–H groups in total. The van der Waals surface area contributed by atoms with Crippen molar-refractivity contribution >= 4 is 5.97 Å². The van der Waals surface area contributed by atoms with E-state index in [1.165, 1.54) is 64.6 Å². The monoisotopic (exact) mass is 252 g/mol. The van der Waals surface area contributed by atoms with Gasteiger partial charge in [0.25, 0.3) is 0 Å². The lowest BCUT2D eigenvalue weighted by Gasteiger charge is -1.97. The molecule has 0 bridgehead atoms. The van der Waals surface area contributed by atoms with E-state index in [9.17, 15) is 4.79 Å². The molecule has 0 rings (SSSR count). The number of allylic oxidation sites excluding steroid dienone is 3. The fraction of sp³-hybridized carbons (Fsp3) is 0.688. The van der Waals surface area contributed by atoms with E-state index >= 15 is 0 Å². The highest BCUT2D eigenvalue weighted by Crippen LogP contribution is 2.07. The molecule has 0 saturated carbocycles. The average molecular weight is 252 g/mol. The van der Waals surface area contributed by atoms with Crippen molar-refractivity contribution in [1.29, 1.82) is 0 Å². The second kappa shape index (κ2) is 14.0. The van der Waals surface area contributed by atoms with Gasteiger partial charge in [0.05, 0.1) is 6.26 Å². The molecule has 0 atom stereocenters. The van der Waals surface area contributed by atoms with E-state index in [1.54, 1.807) is 0 Å². The highest BCUT2D eigenvalue weighted by atomic mass is 16.5. The van der Waals surface area contributed by atoms with Gasteiger partial charge in [0.15, 0.2) is 0 Å². The Labute approximate surface area is 112 Å². The van der Waals surface area contributed by atoms with E-state index in [-0.39, 0.29) is 5.97 Å². The van der Waals surface area contributed by atoms with Gasteiger partial charge < -0.3 is 4.74 Å². The van der Waals surface area contributed by atoms with Gasteiger partial charge in [-0.2, -0.15) is 0 Å². The normalized spacial score (nSPS) is 11.4. The van der Waals surface area contributed by atoms with Gasteiger partial charge in [-0.25, -0.2) is 0 Å². The number of unbranched alkanes of at least 4 members (excludes halogenated alkanes) is 7. The zero-order chi connectivity index (χ0) is 13.5. The fourth-order valence-corrected chi connectivity index (χ4v) is 1.65. The first-order chi connectivity index (χ1) is 8.77. The molecular formula is C16H28O2. The summed E-state index contributed by atoms with van der Waals surface area (Å²) in [5.74, 6) is -0.249. The average Bonchev–Trinajstić information content (AvgIpc) is 2.34. The summed E-state index contributed by atoms with van der Waals surface area (Å²) in [5.41, 5.74) is 0. The largest absolute Gasteiger partial charge is 0.435 e. The molecule has 0 aliphatic carbocycles. The quantitative estimate of drug-likeness (QED) is 0.220. The molecule has 18 heavy (non-hydrogen) atoms. The van der Waals surface area contributed by atoms with E-state index < -0.39 is 0 Å². The van der Waals surface area contributed by atoms with E-state index in [1.807, 2.05) is 6.08 Å². The van der Waals surface area contributed by atoms with Crippen LogP contribution in [-0.2, 0) is 9.53 Å². The van der Waals surface area contributed by atoms with Crippen LogP contribution in [-0.4, -0.2) is 5.97 Å². The Morgan fingerprint density at radius 1 is 0.889 bits per heavy atom. The molecule has 104 valence electrons. The van der Waals surface area contributed by atoms with Crippen molar-refractivity contribution in [2.24, 2.45) is 0 Å². The van der Waals surface area contributed by atoms with Crippen LogP contribution in [0.4, 0.5) is 0 Å². The molecule has 0 amide bonds. The molecule has 0 spiro atoms. The standard InChI is InChI=1S/C16H28O2/c1-3-4-5-6-7-8-9-10-11-12-13-14-15-18-16(2)17/h6-7,14-15H,3-5,8-13H2,1-2H3/b7-6-,15-14+. The molecule has 0 unspecified atom stereocenters. The molecule has 0 aliphatic rings. The zero-order valence-corrected chi connectivity index (χ0v) is 12.0. The van der Waals surface area contributed by atoms with E-state index in [0.717, 1.165) is 6.42 Å². The van der Waals surface area contributed by atoms with Crippen LogP contribution >= 0.6 is 0 Å². The molecule has 0 fully saturated rings. The molecular weight excluding hydrogens is 224 g/mol. The highest BCUT2D eigenvalue weighted by molar-refractivity contribution is 5.66. The molecule has 0 aromatic heterocycles. The van der Waals surface area contributed by atoms with Crippen molar-refractivity contribution in [2.75, 3.05) is 0 Å². The second-order valence-corrected chi connectivity index (χ2v) is 4.59. The third-order valence-corrected chi connectivity index (χ3v) is 2.71. The number of hydrogen-bond acceptors (Lipinski definition) is 2. The number of esters is 1. The van der Waals surface area contributed by atoms with Crippen molar-refractivity contribution in [3.8, 4) is 0 Å². The summed E-state index contributed by atoms with van der Waals surface area (Å²) in [5, 5.41) is 0. The van der Waals surface area contributed by atoms with Gasteiger partial charge in [-0.15, -0.1) is 0 Å². The summed E-state index contributed by atoms with van der Waals surface area (Å²) < 4.78 is 4.71. The van der Waals surface area contributed by atoms with Gasteiger partial charge in [0.2, 0.25) is 0 Å². The lowest BCUT2D eigenvalue weighted by atomic mass is 10.1. The van der Waals surface area contributed by atoms with Crippen LogP contribution in [0.2, 0.25) is 0 Å². The van der Waals surface area contributed by atoms with Gasteiger partial charge >= 0.3 is 5.97 Å². The number of carbonyl (C=O) groups is 1. The molecule has 2 nitrogen and oxygen atoms in total. The number of hydrogen-bond donors (Lipinski definition) is 0. The third kappa shape index (κ3) is 14.9. The summed E-state index contributed by atoms with van der Waals surface area (Å²) in [6.45, 7) is 3.64. The van der Waals surface area contributed by atoms with Crippen molar-refractivity contribution in [1.82, 2.24) is 0 Å². The summed E-state index contributed by atoms with van der Waals surface area (Å²) in [6, 6.07) is 0. The SMILES string of the molecule is CCCC/C=C\CCCCCC/C=C/OC(C)=O. The van der Waals surface area contributed by atoms with Gasteiger partial charge in [-0.05, 0) is 38.2 Å². The first-order valence-corrected chi connectivity index (χ1v) is 7.24. The maximum atomic E-state index is 10.5. The van der Waals surface area contributed by atoms with Crippen LogP contribution in [0, 0.1) is 0 Å². The number of carbonyl (C=O) groups excluding carboxylic acids is 1. The van der Waals surface area contributed by atoms with Crippen LogP contribution in [0.3, 0.4) is 0 Å². The minimum Gasteiger partial charge on any atom is -0.435 e. The Kier molecular flexibility index (Phi) is 13.2. The molecule has 0 aromatic carbocycles. The van der Waals surface area contributed by atoms with Gasteiger partial charge in [-0.3, -0.25) is 4.79 Å². The van der Waals surface area contributed by atoms with Crippen molar-refractivity contribution in [3.05, 3.63) is 24.5 Å². The minimum absolute atomic E-state index is 0.249. The number of rotatable bonds is 11. The van der Waals surface area contributed by atoms with Crippen LogP contribution in [0.1, 0.15) is 71.6 Å². The van der Waals surface area contributed by atoms with Crippen molar-refractivity contribution < 1.29 is 9.53 Å². The summed E-state index contributed by atoms with van der Waals surface area (Å²) in [4.78, 5) is 10.5. The van der Waals surface area contributed by atoms with Gasteiger partial charge in [0, 0.05) is 6.92 Å². The topological polar surface area (TPSA) is 26.3 Å². The van der Waals surface area contributed by atoms with Crippen LogP contribution in [0.15, 0.2) is 24.5 Å². The maximum absolute atomic E-state index is 10.5. The number of ether oxygens (including phenoxy) is 1. The zero-order valence-electron chi connectivity index (χ0n) is 12.0. The van der Waals surface area contributed by atoms with E-state index in [0.29, 0.717) is 0 Å². The lowest BCUT2D eigenvalue weighted by Crippen LogP contribution is -1.89. The Morgan fingerprint density at radius 3 is 2.00 bits per heavy atom. The third-order valence-electron chi connectivity index (χ3n) is 2.71. The molecule has 0 heterocycles. The summed E-state index contributed by atoms with van der Waals surface area (Å²) >= 11 is 0. The molecule has 0 saturated heterocycles. The smallest absolute Gasteiger partial charge is 0.307 e. The van der Waals surface area contributed by atoms with Crippen molar-refractivity contribution in [3.63, 3.8) is 0 Å². The van der Waals surface area contributed by atoms with Crippen LogP contribution in [0.5, 0.6) is 0 Å².